The van der Waals surface area contributed by atoms with E-state index in [1.807, 2.05) is 48.5 Å². The Morgan fingerprint density at radius 2 is 0.500 bits per heavy atom. The summed E-state index contributed by atoms with van der Waals surface area (Å²) in [4.78, 5) is 12.0. The monoisotopic (exact) mass is 1720 g/mol. The smallest absolute Gasteiger partial charge is 0.134 e. The van der Waals surface area contributed by atoms with Crippen LogP contribution in [0.2, 0.25) is 0 Å². The molecule has 0 fully saturated rings. The van der Waals surface area contributed by atoms with E-state index in [4.69, 9.17) is 8.83 Å². The number of aryl methyl sites for hydroxylation is 2. The van der Waals surface area contributed by atoms with Crippen molar-refractivity contribution < 1.29 is 8.83 Å². The number of furan rings is 2. The minimum Gasteiger partial charge on any atom is -0.456 e. The van der Waals surface area contributed by atoms with Gasteiger partial charge in [0, 0.05) is 113 Å². The predicted molar refractivity (Wildman–Crippen MR) is 561 cm³/mol. The van der Waals surface area contributed by atoms with Crippen LogP contribution in [0.15, 0.2) is 525 Å². The van der Waals surface area contributed by atoms with Crippen molar-refractivity contribution in [2.45, 2.75) is 32.2 Å². The molecule has 19 aromatic carbocycles. The maximum absolute atomic E-state index is 6.50. The van der Waals surface area contributed by atoms with Gasteiger partial charge in [-0.05, 0) is 298 Å². The highest BCUT2D eigenvalue weighted by Gasteiger charge is 2.29. The summed E-state index contributed by atoms with van der Waals surface area (Å²) in [5, 5.41) is 4.77. The zero-order valence-corrected chi connectivity index (χ0v) is 74.5. The molecule has 1 aliphatic carbocycles. The standard InChI is InChI=1S/C127H95N5O2/c1-89-86-119(131(104-45-23-9-24-46-104)112-76-64-100(65-77-112)127(98-36-15-5-16-37-98)99-38-17-6-18-39-99)115-50-27-29-52-117(115)125(89)126-90(2)87-120(116-51-28-30-53-118(116)126)132(105-47-25-10-26-48-105)113-80-78-111(79-81-113)130(103-43-21-8-22-44-103)114-49-31-40-101(88-114)93-58-70-108(71-59-93)129(110-74-62-97(63-75-110)124-85-83-122(134-124)95-34-13-4-14-35-95)107-68-56-92(57-69-107)91-54-66-106(67-55-91)128(102-41-19-7-20-42-102)109-72-60-96(61-73-109)123-84-82-121(133-123)94-32-11-3-12-33-94/h3-45,47-88,104,127H,46H2,1-2H3. The third kappa shape index (κ3) is 16.6. The van der Waals surface area contributed by atoms with E-state index in [0.29, 0.717) is 0 Å². The van der Waals surface area contributed by atoms with Gasteiger partial charge >= 0.3 is 0 Å². The molecule has 640 valence electrons. The third-order valence-corrected chi connectivity index (χ3v) is 26.0. The molecular weight excluding hydrogens is 1630 g/mol. The lowest BCUT2D eigenvalue weighted by atomic mass is 9.85. The second kappa shape index (κ2) is 37.1. The molecule has 2 heterocycles. The molecule has 134 heavy (non-hydrogen) atoms. The summed E-state index contributed by atoms with van der Waals surface area (Å²) in [5.74, 6) is 3.41. The zero-order valence-electron chi connectivity index (χ0n) is 74.5. The molecule has 0 N–H and O–H groups in total. The van der Waals surface area contributed by atoms with Gasteiger partial charge in [-0.25, -0.2) is 0 Å². The highest BCUT2D eigenvalue weighted by Crippen LogP contribution is 2.51. The maximum atomic E-state index is 6.50. The summed E-state index contributed by atoms with van der Waals surface area (Å²) < 4.78 is 12.9. The maximum Gasteiger partial charge on any atom is 0.134 e. The molecule has 1 aliphatic rings. The van der Waals surface area contributed by atoms with Crippen LogP contribution in [-0.2, 0) is 0 Å². The normalized spacial score (nSPS) is 12.3. The molecule has 0 aliphatic heterocycles. The Hall–Kier alpha value is -17.3. The lowest BCUT2D eigenvalue weighted by molar-refractivity contribution is 0.597. The molecule has 7 heteroatoms. The van der Waals surface area contributed by atoms with Crippen molar-refractivity contribution in [3.8, 4) is 78.7 Å². The predicted octanol–water partition coefficient (Wildman–Crippen LogP) is 35.5. The fraction of sp³-hybridized carbons (Fsp3) is 0.0394. The summed E-state index contributed by atoms with van der Waals surface area (Å²) in [6.07, 6.45) is 9.93. The van der Waals surface area contributed by atoms with Crippen LogP contribution in [0.4, 0.5) is 79.6 Å². The molecule has 1 atom stereocenters. The summed E-state index contributed by atoms with van der Waals surface area (Å²) in [7, 11) is 0. The molecule has 0 amide bonds. The van der Waals surface area contributed by atoms with E-state index in [-0.39, 0.29) is 12.0 Å². The Morgan fingerprint density at radius 3 is 0.903 bits per heavy atom. The second-order valence-electron chi connectivity index (χ2n) is 34.3. The van der Waals surface area contributed by atoms with Gasteiger partial charge in [-0.2, -0.15) is 0 Å². The average molecular weight is 1720 g/mol. The summed E-state index contributed by atoms with van der Waals surface area (Å²) in [6, 6.07) is 177. The van der Waals surface area contributed by atoms with Crippen LogP contribution in [0.5, 0.6) is 0 Å². The van der Waals surface area contributed by atoms with Gasteiger partial charge in [0.2, 0.25) is 0 Å². The van der Waals surface area contributed by atoms with Crippen LogP contribution >= 0.6 is 0 Å². The topological polar surface area (TPSA) is 42.5 Å². The van der Waals surface area contributed by atoms with E-state index in [1.165, 1.54) is 60.8 Å². The van der Waals surface area contributed by atoms with Crippen molar-refractivity contribution in [1.82, 2.24) is 0 Å². The van der Waals surface area contributed by atoms with Gasteiger partial charge in [0.25, 0.3) is 0 Å². The summed E-state index contributed by atoms with van der Waals surface area (Å²) in [5.41, 5.74) is 32.0. The molecule has 2 aromatic heterocycles. The SMILES string of the molecule is Cc1cc(N(c2ccccc2)c2ccc(N(c3ccccc3)c3cccc(-c4ccc(N(c5ccc(-c6ccc(N(c7ccccc7)c7ccc(-c8ccc(-c9ccccc9)o8)cc7)cc6)cc5)c5ccc(-c6ccc(-c7ccccc7)o6)cc5)cc4)c3)cc2)c2ccccc2c1-c1c(C)cc(N(c2ccc(C(c3ccccc3)c3ccccc3)cc2)C2C=CC=CC2)c2ccccc12. The van der Waals surface area contributed by atoms with Gasteiger partial charge in [0.05, 0.1) is 11.7 Å². The van der Waals surface area contributed by atoms with E-state index >= 15 is 0 Å². The van der Waals surface area contributed by atoms with Gasteiger partial charge in [-0.3, -0.25) is 0 Å². The number of hydrogen-bond acceptors (Lipinski definition) is 7. The van der Waals surface area contributed by atoms with Crippen LogP contribution in [0.25, 0.3) is 100 Å². The van der Waals surface area contributed by atoms with Crippen LogP contribution < -0.4 is 24.5 Å². The number of hydrogen-bond donors (Lipinski definition) is 0. The minimum absolute atomic E-state index is 0.0949. The Balaban J connectivity index is 0.565. The first kappa shape index (κ1) is 82.4. The number of benzene rings is 19. The first-order valence-electron chi connectivity index (χ1n) is 46.0. The van der Waals surface area contributed by atoms with Crippen molar-refractivity contribution >= 4 is 101 Å². The first-order chi connectivity index (χ1) is 66.3. The van der Waals surface area contributed by atoms with Crippen molar-refractivity contribution in [2.24, 2.45) is 0 Å². The number of rotatable bonds is 25. The third-order valence-electron chi connectivity index (χ3n) is 26.0. The number of nitrogens with zero attached hydrogens (tertiary/aromatic N) is 5. The first-order valence-corrected chi connectivity index (χ1v) is 46.0. The van der Waals surface area contributed by atoms with E-state index in [9.17, 15) is 0 Å². The van der Waals surface area contributed by atoms with Crippen LogP contribution in [0, 0.1) is 13.8 Å². The van der Waals surface area contributed by atoms with Crippen LogP contribution in [0.3, 0.4) is 0 Å². The molecule has 21 aromatic rings. The second-order valence-corrected chi connectivity index (χ2v) is 34.3. The van der Waals surface area contributed by atoms with E-state index < -0.39 is 0 Å². The average Bonchev–Trinajstić information content (AvgIpc) is 0.819. The molecule has 0 saturated heterocycles. The molecule has 0 spiro atoms. The summed E-state index contributed by atoms with van der Waals surface area (Å²) >= 11 is 0. The van der Waals surface area contributed by atoms with Gasteiger partial charge in [-0.1, -0.05) is 309 Å². The minimum atomic E-state index is 0.0949. The van der Waals surface area contributed by atoms with E-state index in [0.717, 1.165) is 153 Å². The largest absolute Gasteiger partial charge is 0.456 e. The van der Waals surface area contributed by atoms with Gasteiger partial charge in [0.1, 0.15) is 23.0 Å². The van der Waals surface area contributed by atoms with E-state index in [2.05, 4.69) is 505 Å². The van der Waals surface area contributed by atoms with Crippen molar-refractivity contribution in [2.75, 3.05) is 24.5 Å². The highest BCUT2D eigenvalue weighted by atomic mass is 16.3. The Labute approximate surface area is 783 Å². The number of allylic oxidation sites excluding steroid dienone is 2. The quantitative estimate of drug-likeness (QED) is 0.0528. The number of anilines is 14. The molecule has 0 radical (unpaired) electrons. The fourth-order valence-corrected chi connectivity index (χ4v) is 19.5. The lowest BCUT2D eigenvalue weighted by Gasteiger charge is -2.35. The number of para-hydroxylation sites is 3. The molecule has 22 rings (SSSR count). The summed E-state index contributed by atoms with van der Waals surface area (Å²) in [6.45, 7) is 4.62. The van der Waals surface area contributed by atoms with Crippen LogP contribution in [0.1, 0.15) is 40.2 Å². The Kier molecular flexibility index (Phi) is 22.8. The van der Waals surface area contributed by atoms with Crippen molar-refractivity contribution in [1.29, 1.82) is 0 Å². The van der Waals surface area contributed by atoms with Gasteiger partial charge in [0.15, 0.2) is 0 Å². The molecule has 7 nitrogen and oxygen atoms in total. The molecule has 0 bridgehead atoms. The molecular formula is C127H95N5O2. The zero-order chi connectivity index (χ0) is 89.6. The Bertz CT molecular complexity index is 7680. The molecule has 1 unspecified atom stereocenters. The molecule has 0 saturated carbocycles. The van der Waals surface area contributed by atoms with E-state index in [1.54, 1.807) is 0 Å². The van der Waals surface area contributed by atoms with Gasteiger partial charge in [-0.15, -0.1) is 0 Å². The highest BCUT2D eigenvalue weighted by molar-refractivity contribution is 6.15. The van der Waals surface area contributed by atoms with Gasteiger partial charge < -0.3 is 33.3 Å². The Morgan fingerprint density at radius 1 is 0.216 bits per heavy atom. The fourth-order valence-electron chi connectivity index (χ4n) is 19.5. The lowest BCUT2D eigenvalue weighted by Crippen LogP contribution is -2.30. The van der Waals surface area contributed by atoms with Crippen molar-refractivity contribution in [3.63, 3.8) is 0 Å². The van der Waals surface area contributed by atoms with Crippen LogP contribution in [-0.4, -0.2) is 6.04 Å². The van der Waals surface area contributed by atoms with Crippen molar-refractivity contribution in [3.05, 3.63) is 543 Å². The number of fused-ring (bicyclic) bond motifs is 2.